The summed E-state index contributed by atoms with van der Waals surface area (Å²) in [6, 6.07) is 7.70. The van der Waals surface area contributed by atoms with Gasteiger partial charge in [-0.05, 0) is 43.9 Å². The number of likely N-dealkylation sites (N-methyl/N-ethyl adjacent to an activating group) is 1. The molecule has 1 aliphatic rings. The van der Waals surface area contributed by atoms with E-state index in [1.807, 2.05) is 19.2 Å². The molecule has 1 unspecified atom stereocenters. The quantitative estimate of drug-likeness (QED) is 0.785. The van der Waals surface area contributed by atoms with E-state index in [1.54, 1.807) is 20.1 Å². The fourth-order valence-corrected chi connectivity index (χ4v) is 2.96. The maximum absolute atomic E-state index is 12.2. The van der Waals surface area contributed by atoms with Gasteiger partial charge in [0, 0.05) is 10.6 Å². The van der Waals surface area contributed by atoms with E-state index in [9.17, 15) is 10.1 Å². The van der Waals surface area contributed by atoms with Crippen LogP contribution in [0.4, 0.5) is 0 Å². The van der Waals surface area contributed by atoms with Gasteiger partial charge in [-0.2, -0.15) is 5.26 Å². The highest BCUT2D eigenvalue weighted by molar-refractivity contribution is 6.30. The van der Waals surface area contributed by atoms with E-state index in [-0.39, 0.29) is 11.8 Å². The number of ether oxygens (including phenoxy) is 1. The van der Waals surface area contributed by atoms with Crippen LogP contribution < -0.4 is 15.0 Å². The van der Waals surface area contributed by atoms with Crippen LogP contribution in [0.2, 0.25) is 5.02 Å². The van der Waals surface area contributed by atoms with Crippen molar-refractivity contribution in [1.29, 1.82) is 5.26 Å². The molecule has 1 aliphatic carbocycles. The van der Waals surface area contributed by atoms with Crippen LogP contribution in [0.1, 0.15) is 25.3 Å². The number of halogens is 1. The Labute approximate surface area is 142 Å². The summed E-state index contributed by atoms with van der Waals surface area (Å²) in [5.41, 5.74) is 0.209. The lowest BCUT2D eigenvalue weighted by molar-refractivity contribution is -0.885. The van der Waals surface area contributed by atoms with Crippen LogP contribution in [0, 0.1) is 17.2 Å². The summed E-state index contributed by atoms with van der Waals surface area (Å²) >= 11 is 6.03. The van der Waals surface area contributed by atoms with Crippen LogP contribution in [-0.2, 0) is 11.3 Å². The van der Waals surface area contributed by atoms with E-state index >= 15 is 0 Å². The number of carbonyl (C=O) groups excluding carboxylic acids is 1. The second-order valence-electron chi connectivity index (χ2n) is 6.40. The molecule has 1 saturated carbocycles. The highest BCUT2D eigenvalue weighted by Crippen LogP contribution is 2.39. The number of benzene rings is 1. The van der Waals surface area contributed by atoms with Crippen LogP contribution >= 0.6 is 11.6 Å². The highest BCUT2D eigenvalue weighted by atomic mass is 35.5. The number of hydrogen-bond donors (Lipinski definition) is 2. The molecule has 0 aliphatic heterocycles. The number of nitrogens with zero attached hydrogens (tertiary/aromatic N) is 1. The number of methoxy groups -OCH3 is 1. The topological polar surface area (TPSA) is 66.6 Å². The molecule has 6 heteroatoms. The molecule has 0 spiro atoms. The van der Waals surface area contributed by atoms with Crippen molar-refractivity contribution in [1.82, 2.24) is 5.32 Å². The standard InChI is InChI=1S/C17H22ClN3O2/c1-17(11-19,13-4-5-13)20-16(22)10-21(2)9-12-8-14(18)6-7-15(12)23-3/h6-8,13H,4-5,9-10H2,1-3H3,(H,20,22)/p+1/t17-/m1/s1. The summed E-state index contributed by atoms with van der Waals surface area (Å²) in [6.07, 6.45) is 2.01. The Morgan fingerprint density at radius 2 is 2.26 bits per heavy atom. The molecular weight excluding hydrogens is 314 g/mol. The second-order valence-corrected chi connectivity index (χ2v) is 6.84. The maximum atomic E-state index is 12.2. The molecule has 0 heterocycles. The average Bonchev–Trinajstić information content (AvgIpc) is 3.32. The van der Waals surface area contributed by atoms with Crippen LogP contribution in [0.15, 0.2) is 18.2 Å². The van der Waals surface area contributed by atoms with Gasteiger partial charge in [-0.3, -0.25) is 4.79 Å². The summed E-state index contributed by atoms with van der Waals surface area (Å²) in [5.74, 6) is 0.929. The molecule has 0 saturated heterocycles. The predicted octanol–water partition coefficient (Wildman–Crippen LogP) is 1.17. The van der Waals surface area contributed by atoms with Crippen molar-refractivity contribution in [3.8, 4) is 11.8 Å². The Morgan fingerprint density at radius 3 is 2.83 bits per heavy atom. The van der Waals surface area contributed by atoms with Gasteiger partial charge in [0.15, 0.2) is 6.54 Å². The van der Waals surface area contributed by atoms with Crippen molar-refractivity contribution in [3.63, 3.8) is 0 Å². The molecule has 1 aromatic carbocycles. The van der Waals surface area contributed by atoms with Crippen molar-refractivity contribution in [2.75, 3.05) is 20.7 Å². The van der Waals surface area contributed by atoms with Crippen LogP contribution in [0.25, 0.3) is 0 Å². The number of nitriles is 1. The van der Waals surface area contributed by atoms with Gasteiger partial charge >= 0.3 is 0 Å². The molecule has 0 aromatic heterocycles. The van der Waals surface area contributed by atoms with E-state index < -0.39 is 5.54 Å². The molecule has 1 amide bonds. The number of hydrogen-bond acceptors (Lipinski definition) is 3. The molecule has 0 bridgehead atoms. The molecule has 1 fully saturated rings. The minimum Gasteiger partial charge on any atom is -0.496 e. The highest BCUT2D eigenvalue weighted by Gasteiger charge is 2.43. The van der Waals surface area contributed by atoms with E-state index in [4.69, 9.17) is 16.3 Å². The largest absolute Gasteiger partial charge is 0.496 e. The Balaban J connectivity index is 1.94. The molecule has 2 N–H and O–H groups in total. The van der Waals surface area contributed by atoms with Gasteiger partial charge in [0.25, 0.3) is 5.91 Å². The molecule has 0 radical (unpaired) electrons. The van der Waals surface area contributed by atoms with Crippen molar-refractivity contribution in [2.45, 2.75) is 31.8 Å². The monoisotopic (exact) mass is 336 g/mol. The van der Waals surface area contributed by atoms with Crippen molar-refractivity contribution in [3.05, 3.63) is 28.8 Å². The van der Waals surface area contributed by atoms with E-state index in [0.29, 0.717) is 18.1 Å². The summed E-state index contributed by atoms with van der Waals surface area (Å²) in [5, 5.41) is 12.8. The molecule has 5 nitrogen and oxygen atoms in total. The third-order valence-corrected chi connectivity index (χ3v) is 4.46. The Hall–Kier alpha value is -1.77. The summed E-state index contributed by atoms with van der Waals surface area (Å²) in [4.78, 5) is 13.2. The zero-order valence-corrected chi connectivity index (χ0v) is 14.5. The molecular formula is C17H23ClN3O2+. The van der Waals surface area contributed by atoms with Crippen molar-refractivity contribution < 1.29 is 14.4 Å². The first-order valence-corrected chi connectivity index (χ1v) is 8.11. The first-order valence-electron chi connectivity index (χ1n) is 7.74. The normalized spacial score (nSPS) is 17.7. The zero-order valence-electron chi connectivity index (χ0n) is 13.8. The summed E-state index contributed by atoms with van der Waals surface area (Å²) < 4.78 is 5.33. The van der Waals surface area contributed by atoms with Crippen LogP contribution in [-0.4, -0.2) is 32.1 Å². The fraction of sp³-hybridized carbons (Fsp3) is 0.529. The lowest BCUT2D eigenvalue weighted by Gasteiger charge is -2.24. The van der Waals surface area contributed by atoms with Crippen LogP contribution in [0.3, 0.4) is 0 Å². The maximum Gasteiger partial charge on any atom is 0.276 e. The number of nitrogens with one attached hydrogen (secondary N) is 2. The summed E-state index contributed by atoms with van der Waals surface area (Å²) in [7, 11) is 3.55. The van der Waals surface area contributed by atoms with E-state index in [2.05, 4.69) is 11.4 Å². The smallest absolute Gasteiger partial charge is 0.276 e. The third kappa shape index (κ3) is 4.60. The van der Waals surface area contributed by atoms with Gasteiger partial charge in [0.05, 0.1) is 20.2 Å². The molecule has 2 atom stereocenters. The first-order chi connectivity index (χ1) is 10.9. The lowest BCUT2D eigenvalue weighted by atomic mass is 9.98. The van der Waals surface area contributed by atoms with Crippen molar-refractivity contribution in [2.24, 2.45) is 5.92 Å². The zero-order chi connectivity index (χ0) is 17.0. The minimum atomic E-state index is -0.745. The summed E-state index contributed by atoms with van der Waals surface area (Å²) in [6.45, 7) is 2.71. The number of carbonyl (C=O) groups is 1. The van der Waals surface area contributed by atoms with E-state index in [1.165, 1.54) is 0 Å². The number of rotatable bonds is 7. The molecule has 124 valence electrons. The lowest BCUT2D eigenvalue weighted by Crippen LogP contribution is -3.09. The van der Waals surface area contributed by atoms with E-state index in [0.717, 1.165) is 29.1 Å². The van der Waals surface area contributed by atoms with Crippen LogP contribution in [0.5, 0.6) is 5.75 Å². The minimum absolute atomic E-state index is 0.112. The predicted molar refractivity (Wildman–Crippen MR) is 88.3 cm³/mol. The van der Waals surface area contributed by atoms with Gasteiger partial charge in [0.1, 0.15) is 17.8 Å². The van der Waals surface area contributed by atoms with Gasteiger partial charge in [-0.15, -0.1) is 0 Å². The van der Waals surface area contributed by atoms with Gasteiger partial charge in [-0.25, -0.2) is 0 Å². The Kier molecular flexibility index (Phi) is 5.51. The van der Waals surface area contributed by atoms with Gasteiger partial charge in [-0.1, -0.05) is 11.6 Å². The first kappa shape index (κ1) is 17.6. The van der Waals surface area contributed by atoms with Gasteiger partial charge < -0.3 is 15.0 Å². The fourth-order valence-electron chi connectivity index (χ4n) is 2.76. The SMILES string of the molecule is COc1ccc(Cl)cc1C[NH+](C)CC(=O)N[C@](C)(C#N)C1CC1. The Bertz CT molecular complexity index is 625. The van der Waals surface area contributed by atoms with Gasteiger partial charge in [0.2, 0.25) is 0 Å². The second kappa shape index (κ2) is 7.20. The third-order valence-electron chi connectivity index (χ3n) is 4.22. The van der Waals surface area contributed by atoms with Crippen molar-refractivity contribution >= 4 is 17.5 Å². The molecule has 2 rings (SSSR count). The molecule has 23 heavy (non-hydrogen) atoms. The average molecular weight is 337 g/mol. The molecule has 1 aromatic rings. The Morgan fingerprint density at radius 1 is 1.57 bits per heavy atom. The number of quaternary nitrogens is 1. The number of amides is 1.